The molecule has 0 saturated carbocycles. The highest BCUT2D eigenvalue weighted by molar-refractivity contribution is 8.03. The molecule has 2 amide bonds. The Balaban J connectivity index is 1.98. The molecule has 0 radical (unpaired) electrons. The molecule has 2 aromatic carbocycles. The molecule has 0 spiro atoms. The number of hydrogen-bond acceptors (Lipinski definition) is 7. The zero-order valence-electron chi connectivity index (χ0n) is 18.8. The average molecular weight is 534 g/mol. The van der Waals surface area contributed by atoms with Crippen LogP contribution in [-0.2, 0) is 19.1 Å². The molecule has 0 aromatic heterocycles. The molecule has 35 heavy (non-hydrogen) atoms. The third-order valence-electron chi connectivity index (χ3n) is 5.06. The van der Waals surface area contributed by atoms with Crippen molar-refractivity contribution in [2.45, 2.75) is 12.8 Å². The van der Waals surface area contributed by atoms with Crippen LogP contribution in [0.2, 0.25) is 10.0 Å². The number of amides is 2. The number of para-hydroxylation sites is 1. The summed E-state index contributed by atoms with van der Waals surface area (Å²) in [5.41, 5.74) is 1.05. The van der Waals surface area contributed by atoms with Crippen molar-refractivity contribution in [2.24, 2.45) is 5.92 Å². The Morgan fingerprint density at radius 2 is 1.86 bits per heavy atom. The predicted octanol–water partition coefficient (Wildman–Crippen LogP) is 4.50. The van der Waals surface area contributed by atoms with Gasteiger partial charge < -0.3 is 20.1 Å². The number of carbonyl (C=O) groups excluding carboxylic acids is 3. The number of allylic oxidation sites excluding steroid dienone is 1. The van der Waals surface area contributed by atoms with Gasteiger partial charge in [0.05, 0.1) is 46.2 Å². The molecule has 0 fully saturated rings. The van der Waals surface area contributed by atoms with E-state index in [-0.39, 0.29) is 38.1 Å². The molecular formula is C24H21Cl2N3O5S. The van der Waals surface area contributed by atoms with E-state index in [1.807, 2.05) is 6.07 Å². The quantitative estimate of drug-likeness (QED) is 0.378. The summed E-state index contributed by atoms with van der Waals surface area (Å²) in [5.74, 6) is -4.06. The fourth-order valence-corrected chi connectivity index (χ4v) is 5.04. The molecule has 182 valence electrons. The summed E-state index contributed by atoms with van der Waals surface area (Å²) in [6, 6.07) is 13.9. The number of hydrogen-bond donors (Lipinski definition) is 2. The number of nitriles is 1. The van der Waals surface area contributed by atoms with E-state index in [0.29, 0.717) is 17.9 Å². The van der Waals surface area contributed by atoms with E-state index in [1.165, 1.54) is 12.1 Å². The first-order valence-electron chi connectivity index (χ1n) is 10.4. The third kappa shape index (κ3) is 6.09. The van der Waals surface area contributed by atoms with Gasteiger partial charge in [-0.1, -0.05) is 53.2 Å². The van der Waals surface area contributed by atoms with Gasteiger partial charge in [0.15, 0.2) is 5.75 Å². The lowest BCUT2D eigenvalue weighted by molar-refractivity contribution is -0.150. The Bertz CT molecular complexity index is 1190. The van der Waals surface area contributed by atoms with Crippen LogP contribution in [0.15, 0.2) is 53.1 Å². The van der Waals surface area contributed by atoms with Gasteiger partial charge in [-0.05, 0) is 36.8 Å². The standard InChI is InChI=1S/C24H21Cl2N3O5S/c1-3-34-21-16(25)9-13(10-17(21)26)19-15(11-27)23(29-22(31)20(19)24(32)33-2)35-12-18(30)28-14-7-5-4-6-8-14/h4-10,19-20H,3,12H2,1-2H3,(H,28,30)(H,29,31)/t19-,20+/m0/s1. The van der Waals surface area contributed by atoms with E-state index in [9.17, 15) is 19.6 Å². The Kier molecular flexibility index (Phi) is 9.04. The topological polar surface area (TPSA) is 118 Å². The van der Waals surface area contributed by atoms with Crippen molar-refractivity contribution in [3.63, 3.8) is 0 Å². The summed E-state index contributed by atoms with van der Waals surface area (Å²) in [6.45, 7) is 2.10. The molecule has 2 N–H and O–H groups in total. The van der Waals surface area contributed by atoms with Crippen molar-refractivity contribution in [2.75, 3.05) is 24.8 Å². The highest BCUT2D eigenvalue weighted by Crippen LogP contribution is 2.44. The van der Waals surface area contributed by atoms with Gasteiger partial charge in [0.25, 0.3) is 0 Å². The molecule has 0 aliphatic carbocycles. The summed E-state index contributed by atoms with van der Waals surface area (Å²) < 4.78 is 10.3. The van der Waals surface area contributed by atoms with Crippen LogP contribution in [0.1, 0.15) is 18.4 Å². The minimum Gasteiger partial charge on any atom is -0.491 e. The van der Waals surface area contributed by atoms with Crippen molar-refractivity contribution in [3.05, 3.63) is 68.7 Å². The zero-order valence-corrected chi connectivity index (χ0v) is 21.1. The molecular weight excluding hydrogens is 513 g/mol. The highest BCUT2D eigenvalue weighted by atomic mass is 35.5. The van der Waals surface area contributed by atoms with Crippen LogP contribution in [-0.4, -0.2) is 37.3 Å². The fourth-order valence-electron chi connectivity index (χ4n) is 3.58. The minimum absolute atomic E-state index is 0.0776. The second kappa shape index (κ2) is 12.0. The van der Waals surface area contributed by atoms with Gasteiger partial charge in [-0.3, -0.25) is 14.4 Å². The molecule has 0 bridgehead atoms. The molecule has 11 heteroatoms. The van der Waals surface area contributed by atoms with E-state index in [0.717, 1.165) is 18.9 Å². The van der Waals surface area contributed by atoms with E-state index >= 15 is 0 Å². The molecule has 0 unspecified atom stereocenters. The molecule has 1 aliphatic heterocycles. The number of halogens is 2. The Morgan fingerprint density at radius 1 is 1.20 bits per heavy atom. The monoisotopic (exact) mass is 533 g/mol. The molecule has 0 saturated heterocycles. The van der Waals surface area contributed by atoms with Crippen LogP contribution in [0.25, 0.3) is 0 Å². The Morgan fingerprint density at radius 3 is 2.43 bits per heavy atom. The number of methoxy groups -OCH3 is 1. The average Bonchev–Trinajstić information content (AvgIpc) is 2.84. The summed E-state index contributed by atoms with van der Waals surface area (Å²) in [4.78, 5) is 37.9. The summed E-state index contributed by atoms with van der Waals surface area (Å²) in [6.07, 6.45) is 0. The van der Waals surface area contributed by atoms with E-state index in [1.54, 1.807) is 31.2 Å². The van der Waals surface area contributed by atoms with Gasteiger partial charge in [-0.15, -0.1) is 0 Å². The van der Waals surface area contributed by atoms with Crippen molar-refractivity contribution in [3.8, 4) is 11.8 Å². The maximum Gasteiger partial charge on any atom is 0.319 e. The van der Waals surface area contributed by atoms with Crippen molar-refractivity contribution < 1.29 is 23.9 Å². The van der Waals surface area contributed by atoms with Gasteiger partial charge in [0, 0.05) is 11.6 Å². The van der Waals surface area contributed by atoms with E-state index < -0.39 is 23.7 Å². The van der Waals surface area contributed by atoms with Crippen LogP contribution in [0.4, 0.5) is 5.69 Å². The number of rotatable bonds is 8. The molecule has 1 aliphatic rings. The maximum atomic E-state index is 13.0. The Hall–Kier alpha value is -3.19. The molecule has 3 rings (SSSR count). The first-order valence-corrected chi connectivity index (χ1v) is 12.2. The summed E-state index contributed by atoms with van der Waals surface area (Å²) >= 11 is 13.7. The largest absolute Gasteiger partial charge is 0.491 e. The van der Waals surface area contributed by atoms with Gasteiger partial charge >= 0.3 is 5.97 Å². The SMILES string of the molecule is CCOc1c(Cl)cc([C@H]2C(C#N)=C(SCC(=O)Nc3ccccc3)NC(=O)[C@@H]2C(=O)OC)cc1Cl. The lowest BCUT2D eigenvalue weighted by Gasteiger charge is -2.31. The first-order chi connectivity index (χ1) is 16.8. The van der Waals surface area contributed by atoms with Crippen molar-refractivity contribution in [1.29, 1.82) is 5.26 Å². The second-order valence-electron chi connectivity index (χ2n) is 7.27. The van der Waals surface area contributed by atoms with Gasteiger partial charge in [0.1, 0.15) is 5.92 Å². The normalized spacial score (nSPS) is 17.3. The zero-order chi connectivity index (χ0) is 25.5. The molecule has 2 atom stereocenters. The van der Waals surface area contributed by atoms with E-state index in [2.05, 4.69) is 16.7 Å². The lowest BCUT2D eigenvalue weighted by Crippen LogP contribution is -2.44. The summed E-state index contributed by atoms with van der Waals surface area (Å²) in [7, 11) is 1.15. The van der Waals surface area contributed by atoms with Crippen LogP contribution in [0.3, 0.4) is 0 Å². The van der Waals surface area contributed by atoms with Crippen molar-refractivity contribution >= 4 is 58.4 Å². The number of thioether (sulfide) groups is 1. The fraction of sp³-hybridized carbons (Fsp3) is 0.250. The maximum absolute atomic E-state index is 13.0. The number of benzene rings is 2. The first kappa shape index (κ1) is 26.4. The minimum atomic E-state index is -1.36. The lowest BCUT2D eigenvalue weighted by atomic mass is 9.78. The summed E-state index contributed by atoms with van der Waals surface area (Å²) in [5, 5.41) is 15.8. The van der Waals surface area contributed by atoms with Crippen LogP contribution in [0, 0.1) is 17.2 Å². The smallest absolute Gasteiger partial charge is 0.319 e. The van der Waals surface area contributed by atoms with E-state index in [4.69, 9.17) is 32.7 Å². The van der Waals surface area contributed by atoms with Crippen molar-refractivity contribution in [1.82, 2.24) is 5.32 Å². The number of ether oxygens (including phenoxy) is 2. The van der Waals surface area contributed by atoms with Gasteiger partial charge in [-0.25, -0.2) is 0 Å². The highest BCUT2D eigenvalue weighted by Gasteiger charge is 2.44. The molecule has 8 nitrogen and oxygen atoms in total. The van der Waals surface area contributed by atoms with Gasteiger partial charge in [-0.2, -0.15) is 5.26 Å². The number of nitrogens with one attached hydrogen (secondary N) is 2. The number of nitrogens with zero attached hydrogens (tertiary/aromatic N) is 1. The second-order valence-corrected chi connectivity index (χ2v) is 9.07. The number of carbonyl (C=O) groups is 3. The van der Waals surface area contributed by atoms with Crippen LogP contribution >= 0.6 is 35.0 Å². The molecule has 1 heterocycles. The number of esters is 1. The number of anilines is 1. The van der Waals surface area contributed by atoms with Gasteiger partial charge in [0.2, 0.25) is 11.8 Å². The van der Waals surface area contributed by atoms with Crippen LogP contribution < -0.4 is 15.4 Å². The van der Waals surface area contributed by atoms with Crippen LogP contribution in [0.5, 0.6) is 5.75 Å². The predicted molar refractivity (Wildman–Crippen MR) is 134 cm³/mol. The third-order valence-corrected chi connectivity index (χ3v) is 6.64. The molecule has 2 aromatic rings. The Labute approximate surface area is 216 Å².